The van der Waals surface area contributed by atoms with Crippen LogP contribution in [-0.4, -0.2) is 32.1 Å². The number of methoxy groups -OCH3 is 2. The molecule has 4 heteroatoms. The summed E-state index contributed by atoms with van der Waals surface area (Å²) in [6, 6.07) is 14.9. The molecule has 0 saturated heterocycles. The van der Waals surface area contributed by atoms with Crippen LogP contribution in [0.4, 0.5) is 0 Å². The maximum atomic E-state index is 12.7. The van der Waals surface area contributed by atoms with Crippen molar-refractivity contribution in [3.8, 4) is 11.5 Å². The predicted octanol–water partition coefficient (Wildman–Crippen LogP) is 3.54. The lowest BCUT2D eigenvalue weighted by Gasteiger charge is -2.26. The van der Waals surface area contributed by atoms with E-state index in [-0.39, 0.29) is 11.9 Å². The van der Waals surface area contributed by atoms with Crippen LogP contribution in [0.1, 0.15) is 28.9 Å². The first-order chi connectivity index (χ1) is 10.6. The molecule has 22 heavy (non-hydrogen) atoms. The van der Waals surface area contributed by atoms with Gasteiger partial charge in [-0.05, 0) is 36.8 Å². The van der Waals surface area contributed by atoms with Crippen LogP contribution < -0.4 is 9.47 Å². The molecule has 1 unspecified atom stereocenters. The third-order valence-electron chi connectivity index (χ3n) is 3.84. The van der Waals surface area contributed by atoms with E-state index in [1.54, 1.807) is 38.3 Å². The number of para-hydroxylation sites is 1. The van der Waals surface area contributed by atoms with Gasteiger partial charge in [-0.1, -0.05) is 24.3 Å². The van der Waals surface area contributed by atoms with Gasteiger partial charge in [0.25, 0.3) is 5.91 Å². The highest BCUT2D eigenvalue weighted by molar-refractivity contribution is 5.97. The Bertz CT molecular complexity index is 637. The Morgan fingerprint density at radius 3 is 2.23 bits per heavy atom. The smallest absolute Gasteiger partial charge is 0.257 e. The van der Waals surface area contributed by atoms with E-state index in [0.29, 0.717) is 11.3 Å². The number of hydrogen-bond donors (Lipinski definition) is 0. The lowest BCUT2D eigenvalue weighted by molar-refractivity contribution is 0.0739. The second kappa shape index (κ2) is 6.98. The van der Waals surface area contributed by atoms with Gasteiger partial charge in [-0.2, -0.15) is 0 Å². The number of nitrogens with zero attached hydrogens (tertiary/aromatic N) is 1. The normalized spacial score (nSPS) is 11.6. The van der Waals surface area contributed by atoms with Crippen molar-refractivity contribution >= 4 is 5.91 Å². The molecule has 2 aromatic rings. The van der Waals surface area contributed by atoms with Crippen LogP contribution >= 0.6 is 0 Å². The van der Waals surface area contributed by atoms with E-state index in [1.807, 2.05) is 43.3 Å². The summed E-state index contributed by atoms with van der Waals surface area (Å²) in [7, 11) is 5.00. The first kappa shape index (κ1) is 15.9. The molecule has 0 bridgehead atoms. The lowest BCUT2D eigenvalue weighted by atomic mass is 10.1. The molecule has 0 heterocycles. The first-order valence-corrected chi connectivity index (χ1v) is 7.12. The fourth-order valence-electron chi connectivity index (χ4n) is 2.29. The van der Waals surface area contributed by atoms with E-state index in [4.69, 9.17) is 9.47 Å². The largest absolute Gasteiger partial charge is 0.497 e. The third-order valence-corrected chi connectivity index (χ3v) is 3.84. The average molecular weight is 299 g/mol. The highest BCUT2D eigenvalue weighted by Crippen LogP contribution is 2.25. The molecule has 0 saturated carbocycles. The molecule has 116 valence electrons. The minimum Gasteiger partial charge on any atom is -0.497 e. The summed E-state index contributed by atoms with van der Waals surface area (Å²) < 4.78 is 10.4. The minimum atomic E-state index is -0.0687. The van der Waals surface area contributed by atoms with E-state index in [1.165, 1.54) is 0 Å². The SMILES string of the molecule is COc1ccc(C(C)N(C)C(=O)c2ccccc2OC)cc1. The maximum Gasteiger partial charge on any atom is 0.257 e. The van der Waals surface area contributed by atoms with Crippen molar-refractivity contribution < 1.29 is 14.3 Å². The van der Waals surface area contributed by atoms with Gasteiger partial charge in [0.1, 0.15) is 11.5 Å². The Balaban J connectivity index is 2.21. The van der Waals surface area contributed by atoms with Crippen molar-refractivity contribution in [3.05, 3.63) is 59.7 Å². The molecule has 0 fully saturated rings. The van der Waals surface area contributed by atoms with Crippen LogP contribution in [0, 0.1) is 0 Å². The summed E-state index contributed by atoms with van der Waals surface area (Å²) in [5.41, 5.74) is 1.61. The Morgan fingerprint density at radius 1 is 1.00 bits per heavy atom. The number of rotatable bonds is 5. The van der Waals surface area contributed by atoms with Crippen LogP contribution in [0.5, 0.6) is 11.5 Å². The van der Waals surface area contributed by atoms with Crippen molar-refractivity contribution in [2.24, 2.45) is 0 Å². The van der Waals surface area contributed by atoms with Gasteiger partial charge >= 0.3 is 0 Å². The minimum absolute atomic E-state index is 0.0525. The molecule has 1 amide bonds. The van der Waals surface area contributed by atoms with E-state index < -0.39 is 0 Å². The molecular formula is C18H21NO3. The molecule has 0 aromatic heterocycles. The zero-order valence-corrected chi connectivity index (χ0v) is 13.4. The summed E-state index contributed by atoms with van der Waals surface area (Å²) in [6.45, 7) is 2.00. The Hall–Kier alpha value is -2.49. The maximum absolute atomic E-state index is 12.7. The highest BCUT2D eigenvalue weighted by Gasteiger charge is 2.21. The molecule has 1 atom stereocenters. The standard InChI is InChI=1S/C18H21NO3/c1-13(14-9-11-15(21-3)12-10-14)19(2)18(20)16-7-5-6-8-17(16)22-4/h5-13H,1-4H3. The number of amides is 1. The third kappa shape index (κ3) is 3.22. The number of ether oxygens (including phenoxy) is 2. The first-order valence-electron chi connectivity index (χ1n) is 7.12. The number of hydrogen-bond acceptors (Lipinski definition) is 3. The van der Waals surface area contributed by atoms with Crippen molar-refractivity contribution in [2.75, 3.05) is 21.3 Å². The van der Waals surface area contributed by atoms with Crippen LogP contribution in [0.2, 0.25) is 0 Å². The van der Waals surface area contributed by atoms with Gasteiger partial charge in [0.05, 0.1) is 25.8 Å². The van der Waals surface area contributed by atoms with E-state index in [0.717, 1.165) is 11.3 Å². The van der Waals surface area contributed by atoms with Crippen molar-refractivity contribution in [1.29, 1.82) is 0 Å². The van der Waals surface area contributed by atoms with Gasteiger partial charge in [0.2, 0.25) is 0 Å². The van der Waals surface area contributed by atoms with E-state index in [9.17, 15) is 4.79 Å². The molecule has 0 aliphatic rings. The van der Waals surface area contributed by atoms with Gasteiger partial charge < -0.3 is 14.4 Å². The molecule has 0 aliphatic carbocycles. The summed E-state index contributed by atoms with van der Waals surface area (Å²) in [6.07, 6.45) is 0. The predicted molar refractivity (Wildman–Crippen MR) is 86.5 cm³/mol. The molecular weight excluding hydrogens is 278 g/mol. The Labute approximate surface area is 131 Å². The highest BCUT2D eigenvalue weighted by atomic mass is 16.5. The Morgan fingerprint density at radius 2 is 1.64 bits per heavy atom. The van der Waals surface area contributed by atoms with Gasteiger partial charge in [-0.15, -0.1) is 0 Å². The van der Waals surface area contributed by atoms with Gasteiger partial charge in [0, 0.05) is 7.05 Å². The zero-order valence-electron chi connectivity index (χ0n) is 13.4. The van der Waals surface area contributed by atoms with E-state index >= 15 is 0 Å². The van der Waals surface area contributed by atoms with Crippen molar-refractivity contribution in [1.82, 2.24) is 4.90 Å². The van der Waals surface area contributed by atoms with Crippen LogP contribution in [0.3, 0.4) is 0 Å². The number of carbonyl (C=O) groups is 1. The summed E-state index contributed by atoms with van der Waals surface area (Å²) in [4.78, 5) is 14.4. The topological polar surface area (TPSA) is 38.8 Å². The quantitative estimate of drug-likeness (QED) is 0.847. The monoisotopic (exact) mass is 299 g/mol. The van der Waals surface area contributed by atoms with Gasteiger partial charge in [0.15, 0.2) is 0 Å². The van der Waals surface area contributed by atoms with Crippen molar-refractivity contribution in [3.63, 3.8) is 0 Å². The molecule has 2 rings (SSSR count). The molecule has 0 aliphatic heterocycles. The molecule has 2 aromatic carbocycles. The number of carbonyl (C=O) groups excluding carboxylic acids is 1. The fourth-order valence-corrected chi connectivity index (χ4v) is 2.29. The Kier molecular flexibility index (Phi) is 5.04. The molecule has 0 spiro atoms. The van der Waals surface area contributed by atoms with Crippen LogP contribution in [-0.2, 0) is 0 Å². The van der Waals surface area contributed by atoms with Crippen LogP contribution in [0.25, 0.3) is 0 Å². The summed E-state index contributed by atoms with van der Waals surface area (Å²) >= 11 is 0. The van der Waals surface area contributed by atoms with Gasteiger partial charge in [-0.25, -0.2) is 0 Å². The molecule has 0 N–H and O–H groups in total. The zero-order chi connectivity index (χ0) is 16.1. The van der Waals surface area contributed by atoms with Gasteiger partial charge in [-0.3, -0.25) is 4.79 Å². The summed E-state index contributed by atoms with van der Waals surface area (Å²) in [5.74, 6) is 1.32. The van der Waals surface area contributed by atoms with Crippen molar-refractivity contribution in [2.45, 2.75) is 13.0 Å². The van der Waals surface area contributed by atoms with E-state index in [2.05, 4.69) is 0 Å². The second-order valence-corrected chi connectivity index (χ2v) is 5.07. The van der Waals surface area contributed by atoms with Crippen LogP contribution in [0.15, 0.2) is 48.5 Å². The fraction of sp³-hybridized carbons (Fsp3) is 0.278. The average Bonchev–Trinajstić information content (AvgIpc) is 2.59. The second-order valence-electron chi connectivity index (χ2n) is 5.07. The lowest BCUT2D eigenvalue weighted by Crippen LogP contribution is -2.29. The molecule has 0 radical (unpaired) electrons. The summed E-state index contributed by atoms with van der Waals surface area (Å²) in [5, 5.41) is 0. The number of benzene rings is 2. The molecule has 4 nitrogen and oxygen atoms in total.